The summed E-state index contributed by atoms with van der Waals surface area (Å²) in [6.07, 6.45) is 2.09. The summed E-state index contributed by atoms with van der Waals surface area (Å²) in [5.74, 6) is -0.0159. The SMILES string of the molecule is CCC(=O)N[C@H]1CCCc2c(-c3ccc(C(F)(F)F)cc3)cncc21. The van der Waals surface area contributed by atoms with Crippen molar-refractivity contribution in [1.82, 2.24) is 10.3 Å². The molecule has 3 rings (SSSR count). The van der Waals surface area contributed by atoms with Crippen LogP contribution in [0.1, 0.15) is 48.9 Å². The number of alkyl halides is 3. The Morgan fingerprint density at radius 3 is 2.60 bits per heavy atom. The molecule has 1 aromatic heterocycles. The minimum atomic E-state index is -4.34. The van der Waals surface area contributed by atoms with E-state index in [0.29, 0.717) is 12.0 Å². The van der Waals surface area contributed by atoms with Crippen molar-refractivity contribution in [3.05, 3.63) is 53.3 Å². The second kappa shape index (κ2) is 6.86. The fraction of sp³-hybridized carbons (Fsp3) is 0.368. The van der Waals surface area contributed by atoms with Gasteiger partial charge in [-0.2, -0.15) is 13.2 Å². The van der Waals surface area contributed by atoms with E-state index in [-0.39, 0.29) is 11.9 Å². The third-order valence-electron chi connectivity index (χ3n) is 4.57. The molecule has 0 spiro atoms. The van der Waals surface area contributed by atoms with E-state index >= 15 is 0 Å². The molecule has 3 nitrogen and oxygen atoms in total. The summed E-state index contributed by atoms with van der Waals surface area (Å²) in [5, 5.41) is 3.00. The number of aromatic nitrogens is 1. The van der Waals surface area contributed by atoms with Crippen LogP contribution in [0.2, 0.25) is 0 Å². The smallest absolute Gasteiger partial charge is 0.349 e. The van der Waals surface area contributed by atoms with Gasteiger partial charge < -0.3 is 5.32 Å². The van der Waals surface area contributed by atoms with Crippen LogP contribution < -0.4 is 5.32 Å². The number of nitrogens with zero attached hydrogens (tertiary/aromatic N) is 1. The molecule has 0 unspecified atom stereocenters. The number of benzene rings is 1. The standard InChI is InChI=1S/C19H19F3N2O/c1-2-18(25)24-17-5-3-4-14-15(10-23-11-16(14)17)12-6-8-13(9-7-12)19(20,21)22/h6-11,17H,2-5H2,1H3,(H,24,25)/t17-/m0/s1. The van der Waals surface area contributed by atoms with Gasteiger partial charge in [0.05, 0.1) is 11.6 Å². The fourth-order valence-electron chi connectivity index (χ4n) is 3.26. The van der Waals surface area contributed by atoms with Crippen molar-refractivity contribution in [2.24, 2.45) is 0 Å². The van der Waals surface area contributed by atoms with Gasteiger partial charge in [0.15, 0.2) is 0 Å². The molecule has 1 atom stereocenters. The Hall–Kier alpha value is -2.37. The highest BCUT2D eigenvalue weighted by molar-refractivity contribution is 5.76. The van der Waals surface area contributed by atoms with Crippen LogP contribution >= 0.6 is 0 Å². The molecule has 1 aromatic carbocycles. The average molecular weight is 348 g/mol. The van der Waals surface area contributed by atoms with Gasteiger partial charge in [-0.3, -0.25) is 9.78 Å². The maximum absolute atomic E-state index is 12.7. The Bertz CT molecular complexity index is 769. The molecule has 25 heavy (non-hydrogen) atoms. The minimum absolute atomic E-state index is 0.0159. The molecule has 1 amide bonds. The van der Waals surface area contributed by atoms with Gasteiger partial charge in [-0.15, -0.1) is 0 Å². The van der Waals surface area contributed by atoms with Gasteiger partial charge in [0.2, 0.25) is 5.91 Å². The van der Waals surface area contributed by atoms with Gasteiger partial charge in [-0.1, -0.05) is 19.1 Å². The van der Waals surface area contributed by atoms with Gasteiger partial charge in [-0.25, -0.2) is 0 Å². The van der Waals surface area contributed by atoms with Crippen molar-refractivity contribution in [1.29, 1.82) is 0 Å². The first kappa shape index (κ1) is 17.5. The summed E-state index contributed by atoms with van der Waals surface area (Å²) in [7, 11) is 0. The molecule has 1 aliphatic carbocycles. The van der Waals surface area contributed by atoms with Crippen LogP contribution in [0.4, 0.5) is 13.2 Å². The quantitative estimate of drug-likeness (QED) is 0.876. The van der Waals surface area contributed by atoms with Crippen molar-refractivity contribution in [3.63, 3.8) is 0 Å². The highest BCUT2D eigenvalue weighted by Gasteiger charge is 2.30. The van der Waals surface area contributed by atoms with E-state index in [1.807, 2.05) is 0 Å². The Labute approximate surface area is 144 Å². The van der Waals surface area contributed by atoms with Crippen LogP contribution in [0.25, 0.3) is 11.1 Å². The van der Waals surface area contributed by atoms with E-state index in [0.717, 1.165) is 48.1 Å². The third kappa shape index (κ3) is 3.67. The van der Waals surface area contributed by atoms with Crippen LogP contribution in [0.3, 0.4) is 0 Å². The molecule has 0 fully saturated rings. The van der Waals surface area contributed by atoms with Gasteiger partial charge in [0.25, 0.3) is 0 Å². The van der Waals surface area contributed by atoms with E-state index in [4.69, 9.17) is 0 Å². The number of amides is 1. The van der Waals surface area contributed by atoms with Crippen molar-refractivity contribution in [2.45, 2.75) is 44.8 Å². The molecule has 6 heteroatoms. The summed E-state index contributed by atoms with van der Waals surface area (Å²) in [6.45, 7) is 1.80. The maximum atomic E-state index is 12.7. The van der Waals surface area contributed by atoms with Crippen LogP contribution in [0, 0.1) is 0 Å². The lowest BCUT2D eigenvalue weighted by atomic mass is 9.84. The van der Waals surface area contributed by atoms with Gasteiger partial charge in [0, 0.05) is 24.4 Å². The first-order valence-electron chi connectivity index (χ1n) is 8.34. The Balaban J connectivity index is 1.96. The zero-order chi connectivity index (χ0) is 18.0. The summed E-state index contributed by atoms with van der Waals surface area (Å²) in [4.78, 5) is 16.0. The first-order valence-corrected chi connectivity index (χ1v) is 8.34. The largest absolute Gasteiger partial charge is 0.416 e. The number of fused-ring (bicyclic) bond motifs is 1. The molecule has 1 N–H and O–H groups in total. The topological polar surface area (TPSA) is 42.0 Å². The number of halogens is 3. The predicted octanol–water partition coefficient (Wildman–Crippen LogP) is 4.67. The number of hydrogen-bond acceptors (Lipinski definition) is 2. The van der Waals surface area contributed by atoms with E-state index in [9.17, 15) is 18.0 Å². The molecule has 0 bridgehead atoms. The predicted molar refractivity (Wildman–Crippen MR) is 88.8 cm³/mol. The van der Waals surface area contributed by atoms with E-state index < -0.39 is 11.7 Å². The monoisotopic (exact) mass is 348 g/mol. The normalized spacial score (nSPS) is 17.0. The van der Waals surface area contributed by atoms with Crippen molar-refractivity contribution >= 4 is 5.91 Å². The Morgan fingerprint density at radius 2 is 1.96 bits per heavy atom. The minimum Gasteiger partial charge on any atom is -0.349 e. The second-order valence-corrected chi connectivity index (χ2v) is 6.20. The van der Waals surface area contributed by atoms with Gasteiger partial charge >= 0.3 is 6.18 Å². The van der Waals surface area contributed by atoms with Crippen molar-refractivity contribution < 1.29 is 18.0 Å². The molecular weight excluding hydrogens is 329 g/mol. The number of carbonyl (C=O) groups is 1. The zero-order valence-electron chi connectivity index (χ0n) is 13.9. The summed E-state index contributed by atoms with van der Waals surface area (Å²) >= 11 is 0. The van der Waals surface area contributed by atoms with E-state index in [1.165, 1.54) is 12.1 Å². The highest BCUT2D eigenvalue weighted by atomic mass is 19.4. The summed E-state index contributed by atoms with van der Waals surface area (Å²) in [5.41, 5.74) is 2.90. The molecule has 0 aliphatic heterocycles. The van der Waals surface area contributed by atoms with Crippen LogP contribution in [-0.2, 0) is 17.4 Å². The molecule has 1 aliphatic rings. The Kier molecular flexibility index (Phi) is 4.79. The first-order chi connectivity index (χ1) is 11.9. The lowest BCUT2D eigenvalue weighted by Crippen LogP contribution is -2.30. The highest BCUT2D eigenvalue weighted by Crippen LogP contribution is 2.37. The van der Waals surface area contributed by atoms with Gasteiger partial charge in [0.1, 0.15) is 0 Å². The molecule has 0 radical (unpaired) electrons. The maximum Gasteiger partial charge on any atom is 0.416 e. The number of hydrogen-bond donors (Lipinski definition) is 1. The van der Waals surface area contributed by atoms with Crippen LogP contribution in [0.15, 0.2) is 36.7 Å². The number of nitrogens with one attached hydrogen (secondary N) is 1. The van der Waals surface area contributed by atoms with Gasteiger partial charge in [-0.05, 0) is 48.1 Å². The van der Waals surface area contributed by atoms with E-state index in [2.05, 4.69) is 10.3 Å². The second-order valence-electron chi connectivity index (χ2n) is 6.20. The van der Waals surface area contributed by atoms with Crippen molar-refractivity contribution in [3.8, 4) is 11.1 Å². The number of pyridine rings is 1. The fourth-order valence-corrected chi connectivity index (χ4v) is 3.26. The molecule has 2 aromatic rings. The Morgan fingerprint density at radius 1 is 1.24 bits per heavy atom. The van der Waals surface area contributed by atoms with Crippen molar-refractivity contribution in [2.75, 3.05) is 0 Å². The number of rotatable bonds is 3. The molecule has 0 saturated heterocycles. The summed E-state index contributed by atoms with van der Waals surface area (Å²) < 4.78 is 38.2. The molecule has 132 valence electrons. The molecule has 0 saturated carbocycles. The summed E-state index contributed by atoms with van der Waals surface area (Å²) in [6, 6.07) is 5.06. The molecular formula is C19H19F3N2O. The van der Waals surface area contributed by atoms with Crippen LogP contribution in [0.5, 0.6) is 0 Å². The molecule has 1 heterocycles. The lowest BCUT2D eigenvalue weighted by Gasteiger charge is -2.27. The van der Waals surface area contributed by atoms with Crippen LogP contribution in [-0.4, -0.2) is 10.9 Å². The lowest BCUT2D eigenvalue weighted by molar-refractivity contribution is -0.137. The zero-order valence-corrected chi connectivity index (χ0v) is 13.9. The number of carbonyl (C=O) groups excluding carboxylic acids is 1. The van der Waals surface area contributed by atoms with E-state index in [1.54, 1.807) is 19.3 Å². The average Bonchev–Trinajstić information content (AvgIpc) is 2.61. The third-order valence-corrected chi connectivity index (χ3v) is 4.57.